The molecule has 3 aromatic rings. The maximum Gasteiger partial charge on any atom is 0.416 e. The van der Waals surface area contributed by atoms with Crippen molar-refractivity contribution >= 4 is 11.6 Å². The molecule has 0 bridgehead atoms. The minimum Gasteiger partial charge on any atom is -0.295 e. The van der Waals surface area contributed by atoms with Crippen LogP contribution in [0.5, 0.6) is 0 Å². The average molecular weight is 382 g/mol. The fourth-order valence-electron chi connectivity index (χ4n) is 2.51. The first-order valence-electron chi connectivity index (χ1n) is 7.71. The molecule has 26 heavy (non-hydrogen) atoms. The third-order valence-electron chi connectivity index (χ3n) is 3.78. The Morgan fingerprint density at radius 2 is 1.73 bits per heavy atom. The lowest BCUT2D eigenvalue weighted by molar-refractivity contribution is -0.137. The monoisotopic (exact) mass is 381 g/mol. The van der Waals surface area contributed by atoms with E-state index in [2.05, 4.69) is 15.5 Å². The van der Waals surface area contributed by atoms with Crippen molar-refractivity contribution in [3.8, 4) is 5.69 Å². The van der Waals surface area contributed by atoms with Gasteiger partial charge in [-0.25, -0.2) is 0 Å². The van der Waals surface area contributed by atoms with Crippen LogP contribution >= 0.6 is 11.6 Å². The zero-order valence-electron chi connectivity index (χ0n) is 13.8. The normalized spacial score (nSPS) is 11.9. The van der Waals surface area contributed by atoms with Crippen LogP contribution in [0.25, 0.3) is 5.69 Å². The first kappa shape index (κ1) is 18.3. The summed E-state index contributed by atoms with van der Waals surface area (Å²) in [5.74, 6) is 0.513. The molecular weight excluding hydrogens is 367 g/mol. The third kappa shape index (κ3) is 4.20. The van der Waals surface area contributed by atoms with E-state index in [1.807, 2.05) is 36.2 Å². The van der Waals surface area contributed by atoms with Crippen molar-refractivity contribution in [2.45, 2.75) is 19.3 Å². The van der Waals surface area contributed by atoms with E-state index in [-0.39, 0.29) is 0 Å². The van der Waals surface area contributed by atoms with E-state index < -0.39 is 11.7 Å². The summed E-state index contributed by atoms with van der Waals surface area (Å²) in [5, 5.41) is 12.2. The van der Waals surface area contributed by atoms with Crippen molar-refractivity contribution < 1.29 is 13.2 Å². The van der Waals surface area contributed by atoms with Crippen LogP contribution in [0.2, 0.25) is 5.02 Å². The Hall–Kier alpha value is -2.45. The molecule has 1 heterocycles. The van der Waals surface area contributed by atoms with Gasteiger partial charge in [0.15, 0.2) is 5.82 Å². The molecule has 5 nitrogen and oxygen atoms in total. The van der Waals surface area contributed by atoms with Gasteiger partial charge in [-0.15, -0.1) is 5.10 Å². The van der Waals surface area contributed by atoms with Crippen LogP contribution in [0.1, 0.15) is 17.0 Å². The van der Waals surface area contributed by atoms with Gasteiger partial charge in [-0.05, 0) is 53.4 Å². The van der Waals surface area contributed by atoms with Crippen LogP contribution in [-0.2, 0) is 19.3 Å². The molecule has 0 saturated heterocycles. The molecule has 2 aromatic carbocycles. The number of nitrogens with zero attached hydrogens (tertiary/aromatic N) is 5. The molecule has 0 atom stereocenters. The van der Waals surface area contributed by atoms with Gasteiger partial charge in [-0.2, -0.15) is 17.9 Å². The number of rotatable bonds is 5. The Balaban J connectivity index is 1.75. The molecule has 0 aliphatic rings. The Kier molecular flexibility index (Phi) is 5.24. The van der Waals surface area contributed by atoms with Crippen LogP contribution in [-0.4, -0.2) is 32.2 Å². The number of halogens is 4. The fraction of sp³-hybridized carbons (Fsp3) is 0.235. The van der Waals surface area contributed by atoms with Crippen LogP contribution in [0.4, 0.5) is 13.2 Å². The molecule has 0 unspecified atom stereocenters. The van der Waals surface area contributed by atoms with E-state index in [0.717, 1.165) is 17.7 Å². The molecule has 0 amide bonds. The SMILES string of the molecule is CN(Cc1ccccc1Cl)Cc1nnnn1-c1ccc(C(F)(F)F)cc1. The van der Waals surface area contributed by atoms with Crippen molar-refractivity contribution in [3.63, 3.8) is 0 Å². The minimum atomic E-state index is -4.38. The summed E-state index contributed by atoms with van der Waals surface area (Å²) in [6, 6.07) is 12.2. The van der Waals surface area contributed by atoms with Gasteiger partial charge in [0.1, 0.15) is 0 Å². The zero-order chi connectivity index (χ0) is 18.7. The van der Waals surface area contributed by atoms with Crippen LogP contribution in [0, 0.1) is 0 Å². The summed E-state index contributed by atoms with van der Waals surface area (Å²) in [5.41, 5.74) is 0.709. The van der Waals surface area contributed by atoms with Crippen molar-refractivity contribution in [2.24, 2.45) is 0 Å². The van der Waals surface area contributed by atoms with Gasteiger partial charge in [-0.1, -0.05) is 29.8 Å². The second-order valence-electron chi connectivity index (χ2n) is 5.82. The van der Waals surface area contributed by atoms with Gasteiger partial charge in [-0.3, -0.25) is 4.90 Å². The van der Waals surface area contributed by atoms with Crippen molar-refractivity contribution in [2.75, 3.05) is 7.05 Å². The van der Waals surface area contributed by atoms with Gasteiger partial charge in [0.25, 0.3) is 0 Å². The maximum absolute atomic E-state index is 12.7. The number of hydrogen-bond acceptors (Lipinski definition) is 4. The molecule has 9 heteroatoms. The average Bonchev–Trinajstić information content (AvgIpc) is 3.04. The molecule has 0 aliphatic heterocycles. The second kappa shape index (κ2) is 7.43. The summed E-state index contributed by atoms with van der Waals surface area (Å²) in [4.78, 5) is 1.97. The van der Waals surface area contributed by atoms with Crippen molar-refractivity contribution in [1.29, 1.82) is 0 Å². The number of tetrazole rings is 1. The predicted molar refractivity (Wildman–Crippen MR) is 90.8 cm³/mol. The van der Waals surface area contributed by atoms with Crippen molar-refractivity contribution in [1.82, 2.24) is 25.1 Å². The van der Waals surface area contributed by atoms with Gasteiger partial charge in [0, 0.05) is 11.6 Å². The molecule has 136 valence electrons. The number of benzene rings is 2. The van der Waals surface area contributed by atoms with E-state index >= 15 is 0 Å². The van der Waals surface area contributed by atoms with Crippen LogP contribution < -0.4 is 0 Å². The fourth-order valence-corrected chi connectivity index (χ4v) is 2.71. The van der Waals surface area contributed by atoms with E-state index in [1.165, 1.54) is 16.8 Å². The summed E-state index contributed by atoms with van der Waals surface area (Å²) in [7, 11) is 1.88. The summed E-state index contributed by atoms with van der Waals surface area (Å²) in [6.07, 6.45) is -4.38. The number of aromatic nitrogens is 4. The number of alkyl halides is 3. The highest BCUT2D eigenvalue weighted by Crippen LogP contribution is 2.29. The lowest BCUT2D eigenvalue weighted by Crippen LogP contribution is -2.20. The Morgan fingerprint density at radius 3 is 2.38 bits per heavy atom. The smallest absolute Gasteiger partial charge is 0.295 e. The molecule has 0 aliphatic carbocycles. The van der Waals surface area contributed by atoms with Gasteiger partial charge < -0.3 is 0 Å². The van der Waals surface area contributed by atoms with E-state index in [0.29, 0.717) is 29.6 Å². The quantitative estimate of drug-likeness (QED) is 0.671. The van der Waals surface area contributed by atoms with Gasteiger partial charge >= 0.3 is 6.18 Å². The topological polar surface area (TPSA) is 46.8 Å². The van der Waals surface area contributed by atoms with E-state index in [1.54, 1.807) is 0 Å². The zero-order valence-corrected chi connectivity index (χ0v) is 14.5. The van der Waals surface area contributed by atoms with Gasteiger partial charge in [0.05, 0.1) is 17.8 Å². The lowest BCUT2D eigenvalue weighted by atomic mass is 10.2. The Labute approximate surface area is 153 Å². The first-order valence-corrected chi connectivity index (χ1v) is 8.09. The second-order valence-corrected chi connectivity index (χ2v) is 6.22. The standard InChI is InChI=1S/C17H15ClF3N5/c1-25(10-12-4-2-3-5-15(12)18)11-16-22-23-24-26(16)14-8-6-13(7-9-14)17(19,20)21/h2-9H,10-11H2,1H3. The molecule has 0 N–H and O–H groups in total. The van der Waals surface area contributed by atoms with E-state index in [4.69, 9.17) is 11.6 Å². The maximum atomic E-state index is 12.7. The van der Waals surface area contributed by atoms with Crippen LogP contribution in [0.3, 0.4) is 0 Å². The first-order chi connectivity index (χ1) is 12.3. The Bertz CT molecular complexity index is 877. The molecule has 0 saturated carbocycles. The van der Waals surface area contributed by atoms with Crippen molar-refractivity contribution in [3.05, 3.63) is 70.5 Å². The van der Waals surface area contributed by atoms with Gasteiger partial charge in [0.2, 0.25) is 0 Å². The summed E-state index contributed by atoms with van der Waals surface area (Å²) >= 11 is 6.16. The minimum absolute atomic E-state index is 0.402. The third-order valence-corrected chi connectivity index (χ3v) is 4.15. The summed E-state index contributed by atoms with van der Waals surface area (Å²) < 4.78 is 39.5. The molecule has 0 spiro atoms. The summed E-state index contributed by atoms with van der Waals surface area (Å²) in [6.45, 7) is 0.985. The molecule has 0 fully saturated rings. The molecule has 3 rings (SSSR count). The largest absolute Gasteiger partial charge is 0.416 e. The molecular formula is C17H15ClF3N5. The predicted octanol–water partition coefficient (Wildman–Crippen LogP) is 3.97. The number of hydrogen-bond donors (Lipinski definition) is 0. The lowest BCUT2D eigenvalue weighted by Gasteiger charge is -2.17. The van der Waals surface area contributed by atoms with Crippen LogP contribution in [0.15, 0.2) is 48.5 Å². The van der Waals surface area contributed by atoms with E-state index in [9.17, 15) is 13.2 Å². The highest BCUT2D eigenvalue weighted by Gasteiger charge is 2.30. The molecule has 1 aromatic heterocycles. The Morgan fingerprint density at radius 1 is 1.04 bits per heavy atom. The highest BCUT2D eigenvalue weighted by molar-refractivity contribution is 6.31. The highest BCUT2D eigenvalue weighted by atomic mass is 35.5. The molecule has 0 radical (unpaired) electrons.